The number of sulfonamides is 1. The molecule has 3 saturated heterocycles. The number of amides is 3. The third-order valence-electron chi connectivity index (χ3n) is 11.2. The molecule has 4 aliphatic rings. The lowest BCUT2D eigenvalue weighted by Gasteiger charge is -2.37. The van der Waals surface area contributed by atoms with Crippen molar-refractivity contribution < 1.29 is 45.8 Å². The number of benzene rings is 1. The summed E-state index contributed by atoms with van der Waals surface area (Å²) in [5.74, 6) is -0.709. The van der Waals surface area contributed by atoms with E-state index < -0.39 is 57.9 Å². The SMILES string of the molecule is CC(C)(C)OC(=O)N1CCC(C(=O)NCc2cc(-c3nn(CC(O)CN4CCC(N5CCCC5=O)CC4)c4c3CN(S(C)(=O)=O)CC4)ccc2C(F)(F)F)CC1. The summed E-state index contributed by atoms with van der Waals surface area (Å²) in [6.45, 7) is 8.32. The highest BCUT2D eigenvalue weighted by atomic mass is 32.2. The van der Waals surface area contributed by atoms with Crippen molar-refractivity contribution in [2.45, 2.75) is 109 Å². The van der Waals surface area contributed by atoms with E-state index in [1.165, 1.54) is 21.3 Å². The lowest BCUT2D eigenvalue weighted by molar-refractivity contribution is -0.138. The number of fused-ring (bicyclic) bond motifs is 1. The van der Waals surface area contributed by atoms with E-state index in [0.29, 0.717) is 54.7 Å². The number of β-amino-alcohol motifs (C(OH)–C–C–N with tert-alkyl or cyclic N) is 1. The number of nitrogens with one attached hydrogen (secondary N) is 1. The summed E-state index contributed by atoms with van der Waals surface area (Å²) < 4.78 is 76.5. The van der Waals surface area contributed by atoms with E-state index >= 15 is 0 Å². The van der Waals surface area contributed by atoms with E-state index in [4.69, 9.17) is 9.84 Å². The molecule has 3 fully saturated rings. The molecule has 6 rings (SSSR count). The van der Waals surface area contributed by atoms with Gasteiger partial charge in [-0.05, 0) is 70.6 Å². The van der Waals surface area contributed by atoms with Crippen LogP contribution in [-0.4, -0.2) is 130 Å². The van der Waals surface area contributed by atoms with Gasteiger partial charge in [-0.25, -0.2) is 13.2 Å². The molecule has 18 heteroatoms. The van der Waals surface area contributed by atoms with Crippen LogP contribution in [0.1, 0.15) is 81.7 Å². The summed E-state index contributed by atoms with van der Waals surface area (Å²) in [5.41, 5.74) is 0.137. The molecule has 14 nitrogen and oxygen atoms in total. The first kappa shape index (κ1) is 41.9. The molecular formula is C38H54F3N7O7S. The highest BCUT2D eigenvalue weighted by Gasteiger charge is 2.37. The molecule has 0 aliphatic carbocycles. The summed E-state index contributed by atoms with van der Waals surface area (Å²) >= 11 is 0. The van der Waals surface area contributed by atoms with Gasteiger partial charge in [-0.3, -0.25) is 14.3 Å². The van der Waals surface area contributed by atoms with Gasteiger partial charge in [-0.1, -0.05) is 6.07 Å². The van der Waals surface area contributed by atoms with Gasteiger partial charge in [-0.2, -0.15) is 22.6 Å². The Morgan fingerprint density at radius 3 is 2.30 bits per heavy atom. The molecule has 0 radical (unpaired) electrons. The molecule has 5 heterocycles. The van der Waals surface area contributed by atoms with E-state index in [9.17, 15) is 41.1 Å². The summed E-state index contributed by atoms with van der Waals surface area (Å²) in [6, 6.07) is 3.81. The molecule has 1 atom stereocenters. The largest absolute Gasteiger partial charge is 0.444 e. The molecule has 310 valence electrons. The van der Waals surface area contributed by atoms with Gasteiger partial charge in [0.25, 0.3) is 0 Å². The van der Waals surface area contributed by atoms with Gasteiger partial charge in [0.15, 0.2) is 0 Å². The molecule has 0 spiro atoms. The Morgan fingerprint density at radius 2 is 1.70 bits per heavy atom. The van der Waals surface area contributed by atoms with Crippen molar-refractivity contribution in [2.24, 2.45) is 5.92 Å². The number of hydrogen-bond donors (Lipinski definition) is 2. The second-order valence-electron chi connectivity index (χ2n) is 16.5. The van der Waals surface area contributed by atoms with Crippen LogP contribution in [0.2, 0.25) is 0 Å². The van der Waals surface area contributed by atoms with Crippen LogP contribution in [0.15, 0.2) is 18.2 Å². The number of nitrogens with zero attached hydrogens (tertiary/aromatic N) is 6. The Labute approximate surface area is 326 Å². The molecule has 0 bridgehead atoms. The van der Waals surface area contributed by atoms with E-state index in [2.05, 4.69) is 10.2 Å². The predicted octanol–water partition coefficient (Wildman–Crippen LogP) is 3.60. The topological polar surface area (TPSA) is 158 Å². The highest BCUT2D eigenvalue weighted by Crippen LogP contribution is 2.37. The van der Waals surface area contributed by atoms with Crippen LogP contribution in [0.3, 0.4) is 0 Å². The average Bonchev–Trinajstić information content (AvgIpc) is 3.72. The smallest absolute Gasteiger partial charge is 0.416 e. The maximum atomic E-state index is 14.3. The fourth-order valence-corrected chi connectivity index (χ4v) is 9.08. The number of likely N-dealkylation sites (tertiary alicyclic amines) is 3. The Hall–Kier alpha value is -3.74. The minimum atomic E-state index is -4.72. The van der Waals surface area contributed by atoms with Crippen LogP contribution in [0, 0.1) is 5.92 Å². The normalized spacial score (nSPS) is 20.3. The number of alkyl halides is 3. The second-order valence-corrected chi connectivity index (χ2v) is 18.5. The molecule has 2 N–H and O–H groups in total. The maximum absolute atomic E-state index is 14.3. The summed E-state index contributed by atoms with van der Waals surface area (Å²) in [6.07, 6.45) is -0.818. The molecule has 2 aromatic rings. The van der Waals surface area contributed by atoms with Crippen LogP contribution in [-0.2, 0) is 56.6 Å². The summed E-state index contributed by atoms with van der Waals surface area (Å²) in [5, 5.41) is 18.7. The Balaban J connectivity index is 1.17. The average molecular weight is 810 g/mol. The van der Waals surface area contributed by atoms with Gasteiger partial charge < -0.3 is 29.9 Å². The standard InChI is InChI=1S/C38H54F3N7O7S/c1-37(2,3)55-36(52)45-17-9-25(10-18-45)35(51)42-21-27-20-26(7-8-31(27)38(39,40)41)34-30-24-46(56(4,53)54)19-13-32(30)48(43-34)23-29(49)22-44-15-11-28(12-16-44)47-14-5-6-33(47)50/h7-8,20,25,28-29,49H,5-6,9-19,21-24H2,1-4H3,(H,42,51). The van der Waals surface area contributed by atoms with Crippen LogP contribution in [0.4, 0.5) is 18.0 Å². The van der Waals surface area contributed by atoms with Crippen LogP contribution in [0.25, 0.3) is 11.3 Å². The second kappa shape index (κ2) is 16.6. The lowest BCUT2D eigenvalue weighted by Crippen LogP contribution is -2.47. The van der Waals surface area contributed by atoms with Gasteiger partial charge in [0.1, 0.15) is 5.60 Å². The Kier molecular flexibility index (Phi) is 12.4. The number of aromatic nitrogens is 2. The first-order valence-corrected chi connectivity index (χ1v) is 21.3. The van der Waals surface area contributed by atoms with Crippen molar-refractivity contribution >= 4 is 27.9 Å². The van der Waals surface area contributed by atoms with E-state index in [1.807, 2.05) is 4.90 Å². The van der Waals surface area contributed by atoms with Crippen molar-refractivity contribution in [1.29, 1.82) is 0 Å². The van der Waals surface area contributed by atoms with Crippen LogP contribution < -0.4 is 5.32 Å². The van der Waals surface area contributed by atoms with E-state index in [-0.39, 0.29) is 50.2 Å². The van der Waals surface area contributed by atoms with E-state index in [1.54, 1.807) is 25.5 Å². The summed E-state index contributed by atoms with van der Waals surface area (Å²) in [7, 11) is -3.60. The molecule has 0 saturated carbocycles. The van der Waals surface area contributed by atoms with Crippen molar-refractivity contribution in [2.75, 3.05) is 52.1 Å². The molecule has 1 aromatic carbocycles. The van der Waals surface area contributed by atoms with Gasteiger partial charge in [0.2, 0.25) is 21.8 Å². The van der Waals surface area contributed by atoms with E-state index in [0.717, 1.165) is 51.2 Å². The first-order valence-electron chi connectivity index (χ1n) is 19.5. The number of aliphatic hydroxyl groups is 1. The first-order chi connectivity index (χ1) is 26.3. The van der Waals surface area contributed by atoms with Crippen molar-refractivity contribution in [3.05, 3.63) is 40.6 Å². The molecule has 56 heavy (non-hydrogen) atoms. The minimum Gasteiger partial charge on any atom is -0.444 e. The fourth-order valence-electron chi connectivity index (χ4n) is 8.30. The number of rotatable bonds is 10. The molecule has 3 amide bonds. The fraction of sp³-hybridized carbons (Fsp3) is 0.684. The monoisotopic (exact) mass is 809 g/mol. The van der Waals surface area contributed by atoms with Crippen molar-refractivity contribution in [1.82, 2.24) is 34.1 Å². The Bertz CT molecular complexity index is 1880. The number of carbonyl (C=O) groups excluding carboxylic acids is 3. The number of aliphatic hydroxyl groups excluding tert-OH is 1. The van der Waals surface area contributed by atoms with Crippen LogP contribution in [0.5, 0.6) is 0 Å². The number of piperidine rings is 2. The molecule has 4 aliphatic heterocycles. The number of carbonyl (C=O) groups is 3. The highest BCUT2D eigenvalue weighted by molar-refractivity contribution is 7.88. The number of halogens is 3. The number of ether oxygens (including phenoxy) is 1. The van der Waals surface area contributed by atoms with Gasteiger partial charge in [-0.15, -0.1) is 0 Å². The zero-order chi connectivity index (χ0) is 40.6. The van der Waals surface area contributed by atoms with Crippen molar-refractivity contribution in [3.8, 4) is 11.3 Å². The zero-order valence-corrected chi connectivity index (χ0v) is 33.4. The summed E-state index contributed by atoms with van der Waals surface area (Å²) in [4.78, 5) is 43.6. The van der Waals surface area contributed by atoms with Gasteiger partial charge >= 0.3 is 12.3 Å². The maximum Gasteiger partial charge on any atom is 0.416 e. The quantitative estimate of drug-likeness (QED) is 0.366. The third kappa shape index (κ3) is 10.0. The molecular weight excluding hydrogens is 756 g/mol. The van der Waals surface area contributed by atoms with Gasteiger partial charge in [0.05, 0.1) is 30.2 Å². The Morgan fingerprint density at radius 1 is 1.00 bits per heavy atom. The molecule has 1 unspecified atom stereocenters. The minimum absolute atomic E-state index is 0.0303. The van der Waals surface area contributed by atoms with Crippen LogP contribution >= 0.6 is 0 Å². The van der Waals surface area contributed by atoms with Gasteiger partial charge in [0, 0.05) is 101 Å². The third-order valence-corrected chi connectivity index (χ3v) is 12.4. The number of hydrogen-bond acceptors (Lipinski definition) is 9. The predicted molar refractivity (Wildman–Crippen MR) is 200 cm³/mol. The molecule has 1 aromatic heterocycles. The van der Waals surface area contributed by atoms with Crippen molar-refractivity contribution in [3.63, 3.8) is 0 Å². The lowest BCUT2D eigenvalue weighted by atomic mass is 9.95. The zero-order valence-electron chi connectivity index (χ0n) is 32.6.